The minimum atomic E-state index is 0.176. The zero-order valence-corrected chi connectivity index (χ0v) is 13.6. The number of anilines is 2. The third kappa shape index (κ3) is 3.37. The van der Waals surface area contributed by atoms with Crippen LogP contribution in [0.2, 0.25) is 0 Å². The van der Waals surface area contributed by atoms with E-state index in [1.165, 1.54) is 27.8 Å². The number of nitrogen functional groups attached to an aromatic ring is 2. The van der Waals surface area contributed by atoms with E-state index in [0.29, 0.717) is 0 Å². The third-order valence-corrected chi connectivity index (χ3v) is 4.12. The molecule has 0 heterocycles. The molecule has 0 saturated heterocycles. The summed E-state index contributed by atoms with van der Waals surface area (Å²) in [6.45, 7) is 4.28. The number of benzene rings is 3. The van der Waals surface area contributed by atoms with Gasteiger partial charge < -0.3 is 11.5 Å². The summed E-state index contributed by atoms with van der Waals surface area (Å²) in [5.41, 5.74) is 19.6. The first-order chi connectivity index (χ1) is 11.0. The number of hydrogen-bond donors (Lipinski definition) is 2. The molecule has 0 spiro atoms. The van der Waals surface area contributed by atoms with Crippen LogP contribution >= 0.6 is 0 Å². The van der Waals surface area contributed by atoms with Gasteiger partial charge >= 0.3 is 0 Å². The average Bonchev–Trinajstić information content (AvgIpc) is 2.50. The van der Waals surface area contributed by atoms with Gasteiger partial charge in [0, 0.05) is 17.3 Å². The Balaban J connectivity index is 2.16. The van der Waals surface area contributed by atoms with E-state index in [-0.39, 0.29) is 5.92 Å². The van der Waals surface area contributed by atoms with Crippen LogP contribution in [0.4, 0.5) is 11.4 Å². The predicted octanol–water partition coefficient (Wildman–Crippen LogP) is 4.65. The lowest BCUT2D eigenvalue weighted by Gasteiger charge is -2.20. The van der Waals surface area contributed by atoms with Crippen LogP contribution in [-0.2, 0) is 0 Å². The van der Waals surface area contributed by atoms with Crippen molar-refractivity contribution in [2.45, 2.75) is 19.8 Å². The smallest absolute Gasteiger partial charge is 0.0340 e. The highest BCUT2D eigenvalue weighted by Crippen LogP contribution is 2.33. The Hall–Kier alpha value is -2.74. The molecule has 0 unspecified atom stereocenters. The van der Waals surface area contributed by atoms with Gasteiger partial charge in [0.1, 0.15) is 0 Å². The summed E-state index contributed by atoms with van der Waals surface area (Å²) in [5.74, 6) is 0.176. The molecule has 2 heteroatoms. The summed E-state index contributed by atoms with van der Waals surface area (Å²) in [5, 5.41) is 0. The van der Waals surface area contributed by atoms with Gasteiger partial charge in [-0.3, -0.25) is 0 Å². The first-order valence-corrected chi connectivity index (χ1v) is 7.82. The standard InChI is InChI=1S/C21H22N2/c1-14-11-15(2)13-18(12-14)21(16-3-7-19(22)8-4-16)17-5-9-20(23)10-6-17/h3-13,21H,22-23H2,1-2H3. The normalized spacial score (nSPS) is 10.9. The Morgan fingerprint density at radius 3 is 1.35 bits per heavy atom. The fourth-order valence-electron chi connectivity index (χ4n) is 3.13. The Bertz CT molecular complexity index is 737. The summed E-state index contributed by atoms with van der Waals surface area (Å²) in [6, 6.07) is 23.0. The van der Waals surface area contributed by atoms with E-state index in [9.17, 15) is 0 Å². The van der Waals surface area contributed by atoms with Gasteiger partial charge in [0.2, 0.25) is 0 Å². The molecular formula is C21H22N2. The summed E-state index contributed by atoms with van der Waals surface area (Å²) in [6.07, 6.45) is 0. The molecule has 3 aromatic rings. The lowest BCUT2D eigenvalue weighted by Crippen LogP contribution is -2.05. The second-order valence-corrected chi connectivity index (χ2v) is 6.19. The van der Waals surface area contributed by atoms with Crippen molar-refractivity contribution in [3.05, 3.63) is 94.5 Å². The molecule has 0 fully saturated rings. The Morgan fingerprint density at radius 2 is 0.957 bits per heavy atom. The highest BCUT2D eigenvalue weighted by Gasteiger charge is 2.17. The highest BCUT2D eigenvalue weighted by molar-refractivity contribution is 5.51. The highest BCUT2D eigenvalue weighted by atomic mass is 14.5. The monoisotopic (exact) mass is 302 g/mol. The fourth-order valence-corrected chi connectivity index (χ4v) is 3.13. The van der Waals surface area contributed by atoms with Crippen molar-refractivity contribution >= 4 is 11.4 Å². The van der Waals surface area contributed by atoms with Crippen LogP contribution in [-0.4, -0.2) is 0 Å². The van der Waals surface area contributed by atoms with Gasteiger partial charge in [0.25, 0.3) is 0 Å². The van der Waals surface area contributed by atoms with Crippen molar-refractivity contribution in [2.75, 3.05) is 11.5 Å². The van der Waals surface area contributed by atoms with Gasteiger partial charge in [0.05, 0.1) is 0 Å². The lowest BCUT2D eigenvalue weighted by atomic mass is 9.84. The zero-order chi connectivity index (χ0) is 16.4. The largest absolute Gasteiger partial charge is 0.399 e. The maximum atomic E-state index is 5.86. The molecule has 0 saturated carbocycles. The van der Waals surface area contributed by atoms with Gasteiger partial charge in [0.15, 0.2) is 0 Å². The first kappa shape index (κ1) is 15.2. The molecule has 0 atom stereocenters. The first-order valence-electron chi connectivity index (χ1n) is 7.82. The van der Waals surface area contributed by atoms with Gasteiger partial charge in [-0.1, -0.05) is 53.6 Å². The SMILES string of the molecule is Cc1cc(C)cc(C(c2ccc(N)cc2)c2ccc(N)cc2)c1. The summed E-state index contributed by atoms with van der Waals surface area (Å²) in [4.78, 5) is 0. The number of rotatable bonds is 3. The minimum Gasteiger partial charge on any atom is -0.399 e. The van der Waals surface area contributed by atoms with Crippen LogP contribution in [0.5, 0.6) is 0 Å². The van der Waals surface area contributed by atoms with E-state index in [2.05, 4.69) is 56.3 Å². The van der Waals surface area contributed by atoms with Crippen molar-refractivity contribution < 1.29 is 0 Å². The molecule has 2 nitrogen and oxygen atoms in total. The molecule has 0 aliphatic heterocycles. The summed E-state index contributed by atoms with van der Waals surface area (Å²) in [7, 11) is 0. The Kier molecular flexibility index (Phi) is 4.07. The van der Waals surface area contributed by atoms with Crippen LogP contribution in [0.25, 0.3) is 0 Å². The maximum absolute atomic E-state index is 5.86. The molecule has 0 radical (unpaired) electrons. The van der Waals surface area contributed by atoms with Crippen LogP contribution in [0.3, 0.4) is 0 Å². The van der Waals surface area contributed by atoms with E-state index < -0.39 is 0 Å². The van der Waals surface area contributed by atoms with Crippen LogP contribution in [0.1, 0.15) is 33.7 Å². The van der Waals surface area contributed by atoms with Crippen molar-refractivity contribution in [2.24, 2.45) is 0 Å². The number of hydrogen-bond acceptors (Lipinski definition) is 2. The molecule has 0 bridgehead atoms. The third-order valence-electron chi connectivity index (χ3n) is 4.12. The van der Waals surface area contributed by atoms with Gasteiger partial charge in [-0.25, -0.2) is 0 Å². The van der Waals surface area contributed by atoms with Crippen molar-refractivity contribution in [1.29, 1.82) is 0 Å². The Morgan fingerprint density at radius 1 is 0.565 bits per heavy atom. The lowest BCUT2D eigenvalue weighted by molar-refractivity contribution is 0.971. The van der Waals surface area contributed by atoms with E-state index in [1.54, 1.807) is 0 Å². The average molecular weight is 302 g/mol. The summed E-state index contributed by atoms with van der Waals surface area (Å²) < 4.78 is 0. The molecule has 0 aromatic heterocycles. The number of nitrogens with two attached hydrogens (primary N) is 2. The molecule has 23 heavy (non-hydrogen) atoms. The number of aryl methyl sites for hydroxylation is 2. The Labute approximate surface area is 137 Å². The van der Waals surface area contributed by atoms with E-state index >= 15 is 0 Å². The van der Waals surface area contributed by atoms with Gasteiger partial charge in [-0.2, -0.15) is 0 Å². The zero-order valence-electron chi connectivity index (χ0n) is 13.6. The minimum absolute atomic E-state index is 0.176. The van der Waals surface area contributed by atoms with Gasteiger partial charge in [-0.05, 0) is 54.8 Å². The quantitative estimate of drug-likeness (QED) is 0.546. The molecule has 0 amide bonds. The van der Waals surface area contributed by atoms with E-state index in [0.717, 1.165) is 11.4 Å². The predicted molar refractivity (Wildman–Crippen MR) is 98.6 cm³/mol. The maximum Gasteiger partial charge on any atom is 0.0340 e. The van der Waals surface area contributed by atoms with Crippen LogP contribution < -0.4 is 11.5 Å². The van der Waals surface area contributed by atoms with Crippen molar-refractivity contribution in [3.63, 3.8) is 0 Å². The van der Waals surface area contributed by atoms with Crippen LogP contribution in [0, 0.1) is 13.8 Å². The van der Waals surface area contributed by atoms with Gasteiger partial charge in [-0.15, -0.1) is 0 Å². The molecular weight excluding hydrogens is 280 g/mol. The molecule has 3 rings (SSSR count). The molecule has 3 aromatic carbocycles. The van der Waals surface area contributed by atoms with Crippen molar-refractivity contribution in [1.82, 2.24) is 0 Å². The molecule has 4 N–H and O–H groups in total. The second-order valence-electron chi connectivity index (χ2n) is 6.19. The summed E-state index contributed by atoms with van der Waals surface area (Å²) >= 11 is 0. The molecule has 116 valence electrons. The van der Waals surface area contributed by atoms with Crippen LogP contribution in [0.15, 0.2) is 66.7 Å². The van der Waals surface area contributed by atoms with E-state index in [1.807, 2.05) is 24.3 Å². The second kappa shape index (κ2) is 6.17. The molecule has 0 aliphatic rings. The molecule has 0 aliphatic carbocycles. The van der Waals surface area contributed by atoms with E-state index in [4.69, 9.17) is 11.5 Å². The fraction of sp³-hybridized carbons (Fsp3) is 0.143. The topological polar surface area (TPSA) is 52.0 Å². The van der Waals surface area contributed by atoms with Crippen molar-refractivity contribution in [3.8, 4) is 0 Å².